The van der Waals surface area contributed by atoms with E-state index in [1.807, 2.05) is 70.2 Å². The van der Waals surface area contributed by atoms with Gasteiger partial charge < -0.3 is 5.32 Å². The van der Waals surface area contributed by atoms with Crippen LogP contribution in [0.15, 0.2) is 66.7 Å². The maximum Gasteiger partial charge on any atom is 0.247 e. The summed E-state index contributed by atoms with van der Waals surface area (Å²) in [5, 5.41) is 3.07. The number of benzene rings is 3. The molecule has 3 atom stereocenters. The Kier molecular flexibility index (Phi) is 5.55. The number of aryl methyl sites for hydroxylation is 2. The topological polar surface area (TPSA) is 66.5 Å². The van der Waals surface area contributed by atoms with Gasteiger partial charge in [-0.05, 0) is 59.6 Å². The van der Waals surface area contributed by atoms with Gasteiger partial charge in [-0.2, -0.15) is 0 Å². The zero-order valence-corrected chi connectivity index (χ0v) is 21.7. The number of hydrogen-bond donors (Lipinski definition) is 1. The van der Waals surface area contributed by atoms with Crippen LogP contribution in [0.1, 0.15) is 65.5 Å². The number of amides is 3. The van der Waals surface area contributed by atoms with E-state index >= 15 is 0 Å². The number of anilines is 1. The number of likely N-dealkylation sites (tertiary alicyclic amines) is 1. The first-order valence-electron chi connectivity index (χ1n) is 13.2. The molecule has 4 aliphatic rings. The zero-order chi connectivity index (χ0) is 26.0. The fourth-order valence-corrected chi connectivity index (χ4v) is 7.00. The van der Waals surface area contributed by atoms with Gasteiger partial charge in [0.2, 0.25) is 17.7 Å². The first kappa shape index (κ1) is 23.7. The second-order valence-corrected chi connectivity index (χ2v) is 11.2. The zero-order valence-electron chi connectivity index (χ0n) is 21.7. The summed E-state index contributed by atoms with van der Waals surface area (Å²) >= 11 is 0. The summed E-state index contributed by atoms with van der Waals surface area (Å²) in [5.41, 5.74) is 7.19. The Morgan fingerprint density at radius 1 is 0.757 bits per heavy atom. The van der Waals surface area contributed by atoms with Crippen LogP contribution in [0.25, 0.3) is 0 Å². The number of rotatable bonds is 5. The highest BCUT2D eigenvalue weighted by atomic mass is 16.2. The van der Waals surface area contributed by atoms with Gasteiger partial charge in [-0.25, -0.2) is 0 Å². The number of para-hydroxylation sites is 1. The Bertz CT molecular complexity index is 1310. The summed E-state index contributed by atoms with van der Waals surface area (Å²) in [6, 6.07) is 21.4. The molecule has 7 rings (SSSR count). The molecule has 3 aromatic rings. The van der Waals surface area contributed by atoms with E-state index in [9.17, 15) is 14.4 Å². The van der Waals surface area contributed by atoms with Gasteiger partial charge in [-0.15, -0.1) is 0 Å². The third-order valence-corrected chi connectivity index (χ3v) is 8.52. The maximum absolute atomic E-state index is 14.2. The maximum atomic E-state index is 14.2. The van der Waals surface area contributed by atoms with Gasteiger partial charge in [-0.1, -0.05) is 80.6 Å². The second kappa shape index (κ2) is 8.69. The van der Waals surface area contributed by atoms with Gasteiger partial charge in [0.15, 0.2) is 0 Å². The molecule has 0 unspecified atom stereocenters. The standard InChI is InChI=1S/C32H32N2O3/c1-17(2)16-24(30(35)33-29-18(3)10-9-11-19(29)4)34-31(36)27-25-20-12-5-6-13-21(20)26(28(27)32(34)37)23-15-8-7-14-22(23)25/h5-15,17,24-28H,16H2,1-4H3,(H,33,35)/t24-,25?,26?,27+,28+/m1/s1. The second-order valence-electron chi connectivity index (χ2n) is 11.2. The smallest absolute Gasteiger partial charge is 0.247 e. The summed E-state index contributed by atoms with van der Waals surface area (Å²) < 4.78 is 0. The van der Waals surface area contributed by atoms with Crippen molar-refractivity contribution in [1.82, 2.24) is 4.90 Å². The Labute approximate surface area is 217 Å². The number of nitrogens with one attached hydrogen (secondary N) is 1. The first-order chi connectivity index (χ1) is 17.8. The molecule has 188 valence electrons. The van der Waals surface area contributed by atoms with Crippen LogP contribution in [0.2, 0.25) is 0 Å². The van der Waals surface area contributed by atoms with Crippen molar-refractivity contribution in [3.63, 3.8) is 0 Å². The lowest BCUT2D eigenvalue weighted by molar-refractivity contribution is -0.147. The normalized spacial score (nSPS) is 24.1. The third kappa shape index (κ3) is 3.47. The molecule has 1 saturated heterocycles. The van der Waals surface area contributed by atoms with Crippen molar-refractivity contribution in [3.8, 4) is 0 Å². The fourth-order valence-electron chi connectivity index (χ4n) is 7.00. The highest BCUT2D eigenvalue weighted by Gasteiger charge is 2.63. The van der Waals surface area contributed by atoms with E-state index in [0.29, 0.717) is 6.42 Å². The van der Waals surface area contributed by atoms with Crippen LogP contribution in [-0.2, 0) is 14.4 Å². The van der Waals surface area contributed by atoms with Crippen LogP contribution >= 0.6 is 0 Å². The molecule has 3 aliphatic carbocycles. The third-order valence-electron chi connectivity index (χ3n) is 8.52. The SMILES string of the molecule is Cc1cccc(C)c1NC(=O)[C@@H](CC(C)C)N1C(=O)[C@H]2C3c4ccccc4C(c4ccccc43)[C@@H]2C1=O. The van der Waals surface area contributed by atoms with Gasteiger partial charge in [0.25, 0.3) is 0 Å². The minimum atomic E-state index is -0.852. The van der Waals surface area contributed by atoms with E-state index in [-0.39, 0.29) is 35.5 Å². The molecule has 3 aromatic carbocycles. The average molecular weight is 493 g/mol. The molecule has 1 fully saturated rings. The predicted molar refractivity (Wildman–Crippen MR) is 143 cm³/mol. The molecule has 1 N–H and O–H groups in total. The molecule has 5 heteroatoms. The molecule has 0 aromatic heterocycles. The van der Waals surface area contributed by atoms with Gasteiger partial charge >= 0.3 is 0 Å². The van der Waals surface area contributed by atoms with Crippen LogP contribution < -0.4 is 5.32 Å². The van der Waals surface area contributed by atoms with Gasteiger partial charge in [0.05, 0.1) is 11.8 Å². The van der Waals surface area contributed by atoms with Crippen LogP contribution in [0.3, 0.4) is 0 Å². The van der Waals surface area contributed by atoms with Crippen LogP contribution in [-0.4, -0.2) is 28.7 Å². The minimum Gasteiger partial charge on any atom is -0.324 e. The fraction of sp³-hybridized carbons (Fsp3) is 0.344. The van der Waals surface area contributed by atoms with Crippen LogP contribution in [0, 0.1) is 31.6 Å². The number of carbonyl (C=O) groups is 3. The molecule has 0 spiro atoms. The molecule has 5 nitrogen and oxygen atoms in total. The van der Waals surface area contributed by atoms with Gasteiger partial charge in [0.1, 0.15) is 6.04 Å². The van der Waals surface area contributed by atoms with Crippen molar-refractivity contribution >= 4 is 23.4 Å². The van der Waals surface area contributed by atoms with E-state index in [4.69, 9.17) is 0 Å². The molecule has 1 heterocycles. The highest BCUT2D eigenvalue weighted by Crippen LogP contribution is 2.61. The predicted octanol–water partition coefficient (Wildman–Crippen LogP) is 5.55. The Balaban J connectivity index is 1.42. The van der Waals surface area contributed by atoms with E-state index in [1.54, 1.807) is 0 Å². The Morgan fingerprint density at radius 3 is 1.59 bits per heavy atom. The molecule has 0 radical (unpaired) electrons. The monoisotopic (exact) mass is 492 g/mol. The van der Waals surface area contributed by atoms with Gasteiger partial charge in [0, 0.05) is 17.5 Å². The molecule has 3 amide bonds. The first-order valence-corrected chi connectivity index (χ1v) is 13.2. The van der Waals surface area contributed by atoms with Crippen molar-refractivity contribution in [2.24, 2.45) is 17.8 Å². The van der Waals surface area contributed by atoms with Crippen molar-refractivity contribution in [1.29, 1.82) is 0 Å². The summed E-state index contributed by atoms with van der Waals surface area (Å²) in [4.78, 5) is 43.5. The van der Waals surface area contributed by atoms with Gasteiger partial charge in [-0.3, -0.25) is 19.3 Å². The molecular weight excluding hydrogens is 460 g/mol. The summed E-state index contributed by atoms with van der Waals surface area (Å²) in [5.74, 6) is -1.91. The molecule has 0 saturated carbocycles. The van der Waals surface area contributed by atoms with E-state index in [2.05, 4.69) is 29.6 Å². The number of hydrogen-bond acceptors (Lipinski definition) is 3. The number of nitrogens with zero attached hydrogens (tertiary/aromatic N) is 1. The molecule has 2 bridgehead atoms. The van der Waals surface area contributed by atoms with Crippen molar-refractivity contribution in [3.05, 3.63) is 100 Å². The summed E-state index contributed by atoms with van der Waals surface area (Å²) in [6.45, 7) is 7.94. The molecule has 1 aliphatic heterocycles. The van der Waals surface area contributed by atoms with Crippen molar-refractivity contribution < 1.29 is 14.4 Å². The minimum absolute atomic E-state index is 0.128. The lowest BCUT2D eigenvalue weighted by Gasteiger charge is -2.45. The summed E-state index contributed by atoms with van der Waals surface area (Å²) in [6.07, 6.45) is 0.420. The van der Waals surface area contributed by atoms with E-state index in [0.717, 1.165) is 39.1 Å². The Morgan fingerprint density at radius 2 is 1.19 bits per heavy atom. The largest absolute Gasteiger partial charge is 0.324 e. The van der Waals surface area contributed by atoms with Crippen molar-refractivity contribution in [2.45, 2.75) is 52.0 Å². The lowest BCUT2D eigenvalue weighted by Crippen LogP contribution is -2.48. The Hall–Kier alpha value is -3.73. The van der Waals surface area contributed by atoms with Crippen LogP contribution in [0.5, 0.6) is 0 Å². The highest BCUT2D eigenvalue weighted by molar-refractivity contribution is 6.12. The summed E-state index contributed by atoms with van der Waals surface area (Å²) in [7, 11) is 0. The number of imide groups is 1. The quantitative estimate of drug-likeness (QED) is 0.475. The van der Waals surface area contributed by atoms with E-state index in [1.165, 1.54) is 4.90 Å². The lowest BCUT2D eigenvalue weighted by atomic mass is 9.55. The van der Waals surface area contributed by atoms with E-state index < -0.39 is 17.9 Å². The molecular formula is C32H32N2O3. The average Bonchev–Trinajstić information content (AvgIpc) is 3.15. The number of carbonyl (C=O) groups excluding carboxylic acids is 3. The van der Waals surface area contributed by atoms with Crippen molar-refractivity contribution in [2.75, 3.05) is 5.32 Å². The molecule has 37 heavy (non-hydrogen) atoms. The van der Waals surface area contributed by atoms with Crippen LogP contribution in [0.4, 0.5) is 5.69 Å².